The molecule has 2 unspecified atom stereocenters. The normalized spacial score (nSPS) is 19.0. The Kier molecular flexibility index (Phi) is 6.16. The molecule has 2 atom stereocenters. The van der Waals surface area contributed by atoms with Crippen LogP contribution in [0.25, 0.3) is 16.0 Å². The number of carbonyl (C=O) groups is 1. The van der Waals surface area contributed by atoms with E-state index in [1.54, 1.807) is 14.0 Å². The molecule has 0 spiro atoms. The molecule has 0 aliphatic carbocycles. The summed E-state index contributed by atoms with van der Waals surface area (Å²) >= 11 is 13.8. The molecule has 1 aliphatic rings. The zero-order valence-electron chi connectivity index (χ0n) is 17.0. The maximum atomic E-state index is 12.7. The predicted molar refractivity (Wildman–Crippen MR) is 126 cm³/mol. The molecular formula is C21H22Cl2N4O3S. The molecule has 0 bridgehead atoms. The van der Waals surface area contributed by atoms with Crippen molar-refractivity contribution in [2.75, 3.05) is 25.1 Å². The van der Waals surface area contributed by atoms with E-state index in [0.717, 1.165) is 15.3 Å². The molecule has 164 valence electrons. The maximum absolute atomic E-state index is 12.7. The monoisotopic (exact) mass is 480 g/mol. The second kappa shape index (κ2) is 8.70. The standard InChI is InChI=1S/C21H22Cl2N4O3S/c1-10-16(22)17(23)18(24-10)20(29)25-13-7-8-27(9-15(13)30-3)21-26-14-6-4-5-12(11(2)28)19(14)31-21/h4-6,13,15,24,28H,2,7-9H2,1,3H3,(H,25,29). The van der Waals surface area contributed by atoms with E-state index in [0.29, 0.717) is 35.8 Å². The molecule has 1 amide bonds. The summed E-state index contributed by atoms with van der Waals surface area (Å²) in [6.45, 7) is 6.66. The number of aromatic nitrogens is 2. The number of aliphatic hydroxyl groups excluding tert-OH is 1. The number of aryl methyl sites for hydroxylation is 1. The average Bonchev–Trinajstić information content (AvgIpc) is 3.30. The second-order valence-electron chi connectivity index (χ2n) is 7.44. The van der Waals surface area contributed by atoms with Gasteiger partial charge in [-0.2, -0.15) is 0 Å². The van der Waals surface area contributed by atoms with Crippen molar-refractivity contribution in [2.24, 2.45) is 0 Å². The highest BCUT2D eigenvalue weighted by Gasteiger charge is 2.33. The van der Waals surface area contributed by atoms with Crippen LogP contribution in [0.15, 0.2) is 24.8 Å². The molecule has 4 rings (SSSR count). The Hall–Kier alpha value is -2.26. The van der Waals surface area contributed by atoms with Crippen molar-refractivity contribution in [1.29, 1.82) is 0 Å². The SMILES string of the molecule is C=C(O)c1cccc2nc(N3CCC(NC(=O)c4[nH]c(C)c(Cl)c4Cl)C(OC)C3)sc12. The largest absolute Gasteiger partial charge is 0.508 e. The Morgan fingerprint density at radius 2 is 2.19 bits per heavy atom. The number of piperidine rings is 1. The number of H-pyrrole nitrogens is 1. The second-order valence-corrected chi connectivity index (χ2v) is 9.17. The van der Waals surface area contributed by atoms with Crippen molar-refractivity contribution >= 4 is 61.6 Å². The lowest BCUT2D eigenvalue weighted by atomic mass is 10.0. The number of thiazole rings is 1. The van der Waals surface area contributed by atoms with Crippen molar-refractivity contribution in [3.8, 4) is 0 Å². The Bertz CT molecular complexity index is 1160. The zero-order chi connectivity index (χ0) is 22.3. The number of aromatic amines is 1. The summed E-state index contributed by atoms with van der Waals surface area (Å²) in [6.07, 6.45) is 0.437. The predicted octanol–water partition coefficient (Wildman–Crippen LogP) is 4.79. The van der Waals surface area contributed by atoms with Gasteiger partial charge < -0.3 is 25.0 Å². The first kappa shape index (κ1) is 22.0. The fourth-order valence-electron chi connectivity index (χ4n) is 3.76. The molecular weight excluding hydrogens is 459 g/mol. The average molecular weight is 481 g/mol. The number of ether oxygens (including phenoxy) is 1. The molecule has 3 heterocycles. The minimum absolute atomic E-state index is 0.0234. The number of halogens is 2. The number of hydrogen-bond donors (Lipinski definition) is 3. The van der Waals surface area contributed by atoms with E-state index >= 15 is 0 Å². The number of benzene rings is 1. The van der Waals surface area contributed by atoms with Gasteiger partial charge in [-0.25, -0.2) is 4.98 Å². The fourth-order valence-corrected chi connectivity index (χ4v) is 5.31. The smallest absolute Gasteiger partial charge is 0.269 e. The zero-order valence-corrected chi connectivity index (χ0v) is 19.4. The molecule has 0 saturated carbocycles. The number of amides is 1. The summed E-state index contributed by atoms with van der Waals surface area (Å²) in [5, 5.41) is 14.3. The molecule has 1 saturated heterocycles. The van der Waals surface area contributed by atoms with Crippen LogP contribution in [-0.4, -0.2) is 53.3 Å². The summed E-state index contributed by atoms with van der Waals surface area (Å²) in [5.74, 6) is -0.290. The van der Waals surface area contributed by atoms with Gasteiger partial charge in [0, 0.05) is 31.5 Å². The van der Waals surface area contributed by atoms with E-state index in [-0.39, 0.29) is 34.5 Å². The summed E-state index contributed by atoms with van der Waals surface area (Å²) in [6, 6.07) is 5.40. The topological polar surface area (TPSA) is 90.5 Å². The van der Waals surface area contributed by atoms with Crippen molar-refractivity contribution in [2.45, 2.75) is 25.5 Å². The Morgan fingerprint density at radius 1 is 1.42 bits per heavy atom. The molecule has 7 nitrogen and oxygen atoms in total. The van der Waals surface area contributed by atoms with Crippen molar-refractivity contribution in [3.05, 3.63) is 51.8 Å². The first-order chi connectivity index (χ1) is 14.8. The highest BCUT2D eigenvalue weighted by Crippen LogP contribution is 2.35. The number of methoxy groups -OCH3 is 1. The Morgan fingerprint density at radius 3 is 2.84 bits per heavy atom. The molecule has 31 heavy (non-hydrogen) atoms. The van der Waals surface area contributed by atoms with Crippen molar-refractivity contribution in [1.82, 2.24) is 15.3 Å². The van der Waals surface area contributed by atoms with Gasteiger partial charge in [0.25, 0.3) is 5.91 Å². The van der Waals surface area contributed by atoms with Crippen LogP contribution in [0, 0.1) is 6.92 Å². The number of aliphatic hydroxyl groups is 1. The first-order valence-corrected chi connectivity index (χ1v) is 11.3. The third-order valence-corrected chi connectivity index (χ3v) is 7.56. The van der Waals surface area contributed by atoms with Gasteiger partial charge in [0.2, 0.25) is 0 Å². The minimum atomic E-state index is -0.313. The summed E-state index contributed by atoms with van der Waals surface area (Å²) in [5.41, 5.74) is 2.40. The summed E-state index contributed by atoms with van der Waals surface area (Å²) in [4.78, 5) is 22.5. The third kappa shape index (κ3) is 4.13. The highest BCUT2D eigenvalue weighted by molar-refractivity contribution is 7.22. The number of carbonyl (C=O) groups excluding carboxylic acids is 1. The van der Waals surface area contributed by atoms with Crippen LogP contribution in [0.3, 0.4) is 0 Å². The van der Waals surface area contributed by atoms with Crippen LogP contribution in [0.5, 0.6) is 0 Å². The molecule has 0 radical (unpaired) electrons. The van der Waals surface area contributed by atoms with Gasteiger partial charge >= 0.3 is 0 Å². The van der Waals surface area contributed by atoms with Crippen molar-refractivity contribution in [3.63, 3.8) is 0 Å². The number of fused-ring (bicyclic) bond motifs is 1. The van der Waals surface area contributed by atoms with Crippen LogP contribution in [-0.2, 0) is 4.74 Å². The van der Waals surface area contributed by atoms with Gasteiger partial charge in [-0.05, 0) is 25.5 Å². The van der Waals surface area contributed by atoms with Crippen LogP contribution < -0.4 is 10.2 Å². The molecule has 10 heteroatoms. The molecule has 1 fully saturated rings. The van der Waals surface area contributed by atoms with Gasteiger partial charge in [0.05, 0.1) is 32.4 Å². The highest BCUT2D eigenvalue weighted by atomic mass is 35.5. The molecule has 1 aromatic carbocycles. The van der Waals surface area contributed by atoms with E-state index in [2.05, 4.69) is 21.8 Å². The number of rotatable bonds is 5. The molecule has 2 aromatic heterocycles. The van der Waals surface area contributed by atoms with Crippen LogP contribution >= 0.6 is 34.5 Å². The quantitative estimate of drug-likeness (QED) is 0.456. The summed E-state index contributed by atoms with van der Waals surface area (Å²) in [7, 11) is 1.63. The molecule has 3 aromatic rings. The molecule has 1 aliphatic heterocycles. The maximum Gasteiger partial charge on any atom is 0.269 e. The van der Waals surface area contributed by atoms with E-state index in [1.807, 2.05) is 18.2 Å². The van der Waals surface area contributed by atoms with E-state index in [4.69, 9.17) is 32.9 Å². The van der Waals surface area contributed by atoms with Crippen molar-refractivity contribution < 1.29 is 14.6 Å². The van der Waals surface area contributed by atoms with Crippen LogP contribution in [0.2, 0.25) is 10.0 Å². The lowest BCUT2D eigenvalue weighted by Gasteiger charge is -2.37. The van der Waals surface area contributed by atoms with Gasteiger partial charge in [0.1, 0.15) is 11.5 Å². The first-order valence-electron chi connectivity index (χ1n) is 9.70. The van der Waals surface area contributed by atoms with Gasteiger partial charge in [0.15, 0.2) is 5.13 Å². The number of nitrogens with one attached hydrogen (secondary N) is 2. The summed E-state index contributed by atoms with van der Waals surface area (Å²) < 4.78 is 6.58. The van der Waals surface area contributed by atoms with E-state index in [9.17, 15) is 9.90 Å². The fraction of sp³-hybridized carbons (Fsp3) is 0.333. The number of nitrogens with zero attached hydrogens (tertiary/aromatic N) is 2. The van der Waals surface area contributed by atoms with E-state index < -0.39 is 0 Å². The van der Waals surface area contributed by atoms with Gasteiger partial charge in [-0.3, -0.25) is 4.79 Å². The van der Waals surface area contributed by atoms with E-state index in [1.165, 1.54) is 11.3 Å². The van der Waals surface area contributed by atoms with Gasteiger partial charge in [-0.15, -0.1) is 0 Å². The lowest BCUT2D eigenvalue weighted by molar-refractivity contribution is 0.0540. The number of anilines is 1. The van der Waals surface area contributed by atoms with Crippen LogP contribution in [0.1, 0.15) is 28.2 Å². The molecule has 3 N–H and O–H groups in total. The Labute approximate surface area is 193 Å². The number of hydrogen-bond acceptors (Lipinski definition) is 6. The Balaban J connectivity index is 1.50. The minimum Gasteiger partial charge on any atom is -0.508 e. The third-order valence-electron chi connectivity index (χ3n) is 5.44. The lowest BCUT2D eigenvalue weighted by Crippen LogP contribution is -2.55. The van der Waals surface area contributed by atoms with Crippen LogP contribution in [0.4, 0.5) is 5.13 Å². The van der Waals surface area contributed by atoms with Gasteiger partial charge in [-0.1, -0.05) is 47.2 Å².